The molecule has 86 valence electrons. The highest BCUT2D eigenvalue weighted by atomic mass is 16.2. The van der Waals surface area contributed by atoms with Gasteiger partial charge in [-0.15, -0.1) is 0 Å². The van der Waals surface area contributed by atoms with Crippen LogP contribution in [0.15, 0.2) is 36.7 Å². The van der Waals surface area contributed by atoms with Crippen molar-refractivity contribution < 1.29 is 4.79 Å². The van der Waals surface area contributed by atoms with Gasteiger partial charge in [-0.05, 0) is 36.4 Å². The first kappa shape index (κ1) is 10.3. The number of rotatable bonds is 1. The number of amides is 1. The zero-order valence-corrected chi connectivity index (χ0v) is 9.60. The summed E-state index contributed by atoms with van der Waals surface area (Å²) in [6, 6.07) is 7.75. The van der Waals surface area contributed by atoms with Crippen LogP contribution in [0, 0.1) is 0 Å². The van der Waals surface area contributed by atoms with Gasteiger partial charge in [-0.2, -0.15) is 0 Å². The molecule has 3 nitrogen and oxygen atoms in total. The maximum atomic E-state index is 12.2. The van der Waals surface area contributed by atoms with Gasteiger partial charge in [0.05, 0.1) is 0 Å². The summed E-state index contributed by atoms with van der Waals surface area (Å²) in [5, 5.41) is 2.15. The van der Waals surface area contributed by atoms with Crippen LogP contribution in [0.2, 0.25) is 0 Å². The van der Waals surface area contributed by atoms with Gasteiger partial charge in [0.2, 0.25) is 0 Å². The van der Waals surface area contributed by atoms with E-state index < -0.39 is 0 Å². The highest BCUT2D eigenvalue weighted by molar-refractivity contribution is 5.98. The summed E-state index contributed by atoms with van der Waals surface area (Å²) in [5.74, 6) is 0.154. The third-order valence-electron chi connectivity index (χ3n) is 3.28. The maximum Gasteiger partial charge on any atom is 0.253 e. The molecule has 17 heavy (non-hydrogen) atoms. The largest absolute Gasteiger partial charge is 0.339 e. The lowest BCUT2D eigenvalue weighted by atomic mass is 10.1. The van der Waals surface area contributed by atoms with E-state index in [-0.39, 0.29) is 5.91 Å². The van der Waals surface area contributed by atoms with E-state index in [0.717, 1.165) is 42.3 Å². The number of pyridine rings is 1. The smallest absolute Gasteiger partial charge is 0.253 e. The van der Waals surface area contributed by atoms with Crippen molar-refractivity contribution in [3.63, 3.8) is 0 Å². The highest BCUT2D eigenvalue weighted by Crippen LogP contribution is 2.18. The Morgan fingerprint density at radius 1 is 1.12 bits per heavy atom. The van der Waals surface area contributed by atoms with Crippen molar-refractivity contribution in [2.45, 2.75) is 12.8 Å². The topological polar surface area (TPSA) is 33.2 Å². The van der Waals surface area contributed by atoms with Crippen LogP contribution in [-0.2, 0) is 0 Å². The fourth-order valence-corrected chi connectivity index (χ4v) is 2.32. The molecule has 3 rings (SSSR count). The third-order valence-corrected chi connectivity index (χ3v) is 3.28. The Morgan fingerprint density at radius 3 is 2.76 bits per heavy atom. The molecular weight excluding hydrogens is 212 g/mol. The molecule has 0 spiro atoms. The van der Waals surface area contributed by atoms with Gasteiger partial charge in [0.25, 0.3) is 5.91 Å². The monoisotopic (exact) mass is 226 g/mol. The zero-order chi connectivity index (χ0) is 11.7. The Morgan fingerprint density at radius 2 is 1.94 bits per heavy atom. The number of likely N-dealkylation sites (tertiary alicyclic amines) is 1. The molecule has 0 saturated carbocycles. The molecule has 1 aromatic carbocycles. The van der Waals surface area contributed by atoms with E-state index in [9.17, 15) is 4.79 Å². The predicted molar refractivity (Wildman–Crippen MR) is 66.9 cm³/mol. The second-order valence-electron chi connectivity index (χ2n) is 4.44. The van der Waals surface area contributed by atoms with E-state index in [1.165, 1.54) is 0 Å². The Kier molecular flexibility index (Phi) is 2.52. The molecule has 1 aromatic heterocycles. The SMILES string of the molecule is O=C(c1ccc2cnccc2c1)N1CCCC1. The lowest BCUT2D eigenvalue weighted by Gasteiger charge is -2.15. The van der Waals surface area contributed by atoms with Crippen molar-refractivity contribution in [2.75, 3.05) is 13.1 Å². The van der Waals surface area contributed by atoms with Gasteiger partial charge in [-0.25, -0.2) is 0 Å². The maximum absolute atomic E-state index is 12.2. The van der Waals surface area contributed by atoms with Crippen LogP contribution < -0.4 is 0 Å². The van der Waals surface area contributed by atoms with Crippen molar-refractivity contribution in [3.8, 4) is 0 Å². The summed E-state index contributed by atoms with van der Waals surface area (Å²) in [7, 11) is 0. The number of carbonyl (C=O) groups excluding carboxylic acids is 1. The highest BCUT2D eigenvalue weighted by Gasteiger charge is 2.19. The molecule has 2 aromatic rings. The number of aromatic nitrogens is 1. The Labute approximate surface area is 100 Å². The minimum absolute atomic E-state index is 0.154. The molecule has 1 amide bonds. The van der Waals surface area contributed by atoms with Crippen LogP contribution >= 0.6 is 0 Å². The summed E-state index contributed by atoms with van der Waals surface area (Å²) in [4.78, 5) is 18.2. The quantitative estimate of drug-likeness (QED) is 0.748. The van der Waals surface area contributed by atoms with E-state index in [0.29, 0.717) is 0 Å². The summed E-state index contributed by atoms with van der Waals surface area (Å²) < 4.78 is 0. The van der Waals surface area contributed by atoms with Crippen LogP contribution in [0.5, 0.6) is 0 Å². The van der Waals surface area contributed by atoms with Gasteiger partial charge in [0.15, 0.2) is 0 Å². The number of carbonyl (C=O) groups is 1. The van der Waals surface area contributed by atoms with Gasteiger partial charge in [-0.3, -0.25) is 9.78 Å². The van der Waals surface area contributed by atoms with E-state index >= 15 is 0 Å². The number of nitrogens with zero attached hydrogens (tertiary/aromatic N) is 2. The summed E-state index contributed by atoms with van der Waals surface area (Å²) >= 11 is 0. The molecule has 1 saturated heterocycles. The van der Waals surface area contributed by atoms with Crippen LogP contribution in [-0.4, -0.2) is 28.9 Å². The normalized spacial score (nSPS) is 15.4. The molecule has 3 heteroatoms. The molecule has 0 unspecified atom stereocenters. The van der Waals surface area contributed by atoms with Crippen molar-refractivity contribution >= 4 is 16.7 Å². The van der Waals surface area contributed by atoms with E-state index in [1.54, 1.807) is 6.20 Å². The van der Waals surface area contributed by atoms with E-state index in [2.05, 4.69) is 4.98 Å². The molecule has 0 radical (unpaired) electrons. The van der Waals surface area contributed by atoms with Gasteiger partial charge < -0.3 is 4.90 Å². The van der Waals surface area contributed by atoms with Crippen molar-refractivity contribution in [2.24, 2.45) is 0 Å². The third kappa shape index (κ3) is 1.88. The Bertz CT molecular complexity index is 559. The van der Waals surface area contributed by atoms with Gasteiger partial charge in [0.1, 0.15) is 0 Å². The number of fused-ring (bicyclic) bond motifs is 1. The molecule has 1 aliphatic rings. The van der Waals surface area contributed by atoms with E-state index in [4.69, 9.17) is 0 Å². The minimum atomic E-state index is 0.154. The summed E-state index contributed by atoms with van der Waals surface area (Å²) in [6.07, 6.45) is 5.83. The summed E-state index contributed by atoms with van der Waals surface area (Å²) in [6.45, 7) is 1.79. The fraction of sp³-hybridized carbons (Fsp3) is 0.286. The fourth-order valence-electron chi connectivity index (χ4n) is 2.32. The van der Waals surface area contributed by atoms with Crippen molar-refractivity contribution in [3.05, 3.63) is 42.2 Å². The van der Waals surface area contributed by atoms with Crippen LogP contribution in [0.1, 0.15) is 23.2 Å². The first-order valence-electron chi connectivity index (χ1n) is 5.98. The van der Waals surface area contributed by atoms with Crippen LogP contribution in [0.25, 0.3) is 10.8 Å². The van der Waals surface area contributed by atoms with Gasteiger partial charge in [0, 0.05) is 36.4 Å². The average Bonchev–Trinajstić information content (AvgIpc) is 2.91. The van der Waals surface area contributed by atoms with Gasteiger partial charge >= 0.3 is 0 Å². The molecule has 0 atom stereocenters. The predicted octanol–water partition coefficient (Wildman–Crippen LogP) is 2.47. The van der Waals surface area contributed by atoms with Crippen molar-refractivity contribution in [1.82, 2.24) is 9.88 Å². The Balaban J connectivity index is 1.97. The summed E-state index contributed by atoms with van der Waals surface area (Å²) in [5.41, 5.74) is 0.783. The molecule has 0 aliphatic carbocycles. The zero-order valence-electron chi connectivity index (χ0n) is 9.60. The van der Waals surface area contributed by atoms with E-state index in [1.807, 2.05) is 35.4 Å². The number of benzene rings is 1. The second kappa shape index (κ2) is 4.17. The average molecular weight is 226 g/mol. The van der Waals surface area contributed by atoms with Gasteiger partial charge in [-0.1, -0.05) is 6.07 Å². The lowest BCUT2D eigenvalue weighted by molar-refractivity contribution is 0.0793. The molecule has 2 heterocycles. The molecule has 0 bridgehead atoms. The van der Waals surface area contributed by atoms with Crippen LogP contribution in [0.3, 0.4) is 0 Å². The molecular formula is C14H14N2O. The first-order valence-corrected chi connectivity index (χ1v) is 5.98. The first-order chi connectivity index (χ1) is 8.34. The lowest BCUT2D eigenvalue weighted by Crippen LogP contribution is -2.27. The Hall–Kier alpha value is -1.90. The minimum Gasteiger partial charge on any atom is -0.339 e. The standard InChI is InChI=1S/C14H14N2O/c17-14(16-7-1-2-8-16)12-3-4-13-10-15-6-5-11(13)9-12/h3-6,9-10H,1-2,7-8H2. The second-order valence-corrected chi connectivity index (χ2v) is 4.44. The number of hydrogen-bond acceptors (Lipinski definition) is 2. The molecule has 1 aliphatic heterocycles. The molecule has 0 N–H and O–H groups in total. The number of hydrogen-bond donors (Lipinski definition) is 0. The molecule has 1 fully saturated rings. The van der Waals surface area contributed by atoms with Crippen molar-refractivity contribution in [1.29, 1.82) is 0 Å². The van der Waals surface area contributed by atoms with Crippen LogP contribution in [0.4, 0.5) is 0 Å².